The maximum atomic E-state index is 14.0. The number of pyridine rings is 1. The Morgan fingerprint density at radius 1 is 1.27 bits per heavy atom. The summed E-state index contributed by atoms with van der Waals surface area (Å²) in [5, 5.41) is 3.06. The maximum absolute atomic E-state index is 14.0. The van der Waals surface area contributed by atoms with Gasteiger partial charge in [0.25, 0.3) is 5.56 Å². The molecule has 0 amide bonds. The third kappa shape index (κ3) is 2.85. The van der Waals surface area contributed by atoms with E-state index in [1.807, 2.05) is 11.9 Å². The molecule has 1 N–H and O–H groups in total. The molecule has 2 aromatic heterocycles. The standard InChI is InChI=1S/C15H18FN5O/c1-20-8-11(16)13(9-20)19-15-18-12(7-14(22)21(15)2)10-3-5-17-6-4-10/h3-7,11,13H,8-9H2,1-2H3,(H,18,19)/t11-,13-/m0/s1. The highest BCUT2D eigenvalue weighted by atomic mass is 19.1. The van der Waals surface area contributed by atoms with Crippen LogP contribution in [0.2, 0.25) is 0 Å². The van der Waals surface area contributed by atoms with Crippen LogP contribution in [0, 0.1) is 0 Å². The van der Waals surface area contributed by atoms with Gasteiger partial charge in [-0.15, -0.1) is 0 Å². The SMILES string of the molecule is CN1C[C@H](Nc2nc(-c3ccncc3)cc(=O)n2C)[C@@H](F)C1. The van der Waals surface area contributed by atoms with Crippen LogP contribution in [0.5, 0.6) is 0 Å². The molecule has 7 heteroatoms. The Kier molecular flexibility index (Phi) is 3.89. The lowest BCUT2D eigenvalue weighted by Gasteiger charge is -2.17. The number of aromatic nitrogens is 3. The van der Waals surface area contributed by atoms with Gasteiger partial charge < -0.3 is 10.2 Å². The number of hydrogen-bond donors (Lipinski definition) is 1. The Morgan fingerprint density at radius 2 is 2.00 bits per heavy atom. The molecule has 0 saturated carbocycles. The fourth-order valence-electron chi connectivity index (χ4n) is 2.59. The van der Waals surface area contributed by atoms with E-state index in [1.165, 1.54) is 10.6 Å². The van der Waals surface area contributed by atoms with Gasteiger partial charge in [0.15, 0.2) is 0 Å². The number of likely N-dealkylation sites (N-methyl/N-ethyl adjacent to an activating group) is 1. The molecule has 3 rings (SSSR count). The zero-order valence-corrected chi connectivity index (χ0v) is 12.5. The second-order valence-electron chi connectivity index (χ2n) is 5.59. The predicted octanol–water partition coefficient (Wildman–Crippen LogP) is 0.906. The highest BCUT2D eigenvalue weighted by molar-refractivity contribution is 5.59. The highest BCUT2D eigenvalue weighted by Crippen LogP contribution is 2.19. The summed E-state index contributed by atoms with van der Waals surface area (Å²) in [5.41, 5.74) is 1.16. The quantitative estimate of drug-likeness (QED) is 0.913. The summed E-state index contributed by atoms with van der Waals surface area (Å²) < 4.78 is 15.4. The first-order valence-electron chi connectivity index (χ1n) is 7.12. The van der Waals surface area contributed by atoms with Gasteiger partial charge in [-0.1, -0.05) is 0 Å². The molecule has 0 unspecified atom stereocenters. The fraction of sp³-hybridized carbons (Fsp3) is 0.400. The van der Waals surface area contributed by atoms with Crippen LogP contribution in [0.15, 0.2) is 35.4 Å². The van der Waals surface area contributed by atoms with Crippen LogP contribution >= 0.6 is 0 Å². The van der Waals surface area contributed by atoms with Gasteiger partial charge in [-0.2, -0.15) is 0 Å². The predicted molar refractivity (Wildman–Crippen MR) is 82.5 cm³/mol. The highest BCUT2D eigenvalue weighted by Gasteiger charge is 2.31. The van der Waals surface area contributed by atoms with Gasteiger partial charge in [-0.25, -0.2) is 9.37 Å². The van der Waals surface area contributed by atoms with Crippen LogP contribution in [-0.2, 0) is 7.05 Å². The van der Waals surface area contributed by atoms with Gasteiger partial charge in [-0.05, 0) is 19.2 Å². The Balaban J connectivity index is 1.94. The molecule has 22 heavy (non-hydrogen) atoms. The van der Waals surface area contributed by atoms with Crippen molar-refractivity contribution in [2.24, 2.45) is 7.05 Å². The van der Waals surface area contributed by atoms with Crippen LogP contribution < -0.4 is 10.9 Å². The van der Waals surface area contributed by atoms with E-state index in [9.17, 15) is 9.18 Å². The van der Waals surface area contributed by atoms with Crippen molar-refractivity contribution in [1.29, 1.82) is 0 Å². The second kappa shape index (κ2) is 5.84. The summed E-state index contributed by atoms with van der Waals surface area (Å²) in [7, 11) is 3.49. The van der Waals surface area contributed by atoms with Crippen LogP contribution in [0.1, 0.15) is 0 Å². The van der Waals surface area contributed by atoms with Gasteiger partial charge in [0.1, 0.15) is 6.17 Å². The molecule has 6 nitrogen and oxygen atoms in total. The lowest BCUT2D eigenvalue weighted by molar-refractivity contribution is 0.313. The summed E-state index contributed by atoms with van der Waals surface area (Å²) in [6, 6.07) is 4.67. The van der Waals surface area contributed by atoms with E-state index < -0.39 is 6.17 Å². The Hall–Kier alpha value is -2.28. The minimum absolute atomic E-state index is 0.189. The first-order chi connectivity index (χ1) is 10.5. The van der Waals surface area contributed by atoms with E-state index in [2.05, 4.69) is 15.3 Å². The van der Waals surface area contributed by atoms with Crippen molar-refractivity contribution in [3.05, 3.63) is 40.9 Å². The number of alkyl halides is 1. The monoisotopic (exact) mass is 303 g/mol. The van der Waals surface area contributed by atoms with E-state index in [-0.39, 0.29) is 11.6 Å². The molecule has 3 heterocycles. The van der Waals surface area contributed by atoms with Crippen molar-refractivity contribution < 1.29 is 4.39 Å². The van der Waals surface area contributed by atoms with Gasteiger partial charge in [-0.3, -0.25) is 14.3 Å². The van der Waals surface area contributed by atoms with Crippen molar-refractivity contribution in [3.63, 3.8) is 0 Å². The van der Waals surface area contributed by atoms with E-state index in [4.69, 9.17) is 0 Å². The topological polar surface area (TPSA) is 63.0 Å². The third-order valence-electron chi connectivity index (χ3n) is 3.86. The summed E-state index contributed by atoms with van der Waals surface area (Å²) >= 11 is 0. The van der Waals surface area contributed by atoms with E-state index in [1.54, 1.807) is 31.6 Å². The smallest absolute Gasteiger partial charge is 0.255 e. The summed E-state index contributed by atoms with van der Waals surface area (Å²) in [6.45, 7) is 0.964. The first kappa shape index (κ1) is 14.6. The van der Waals surface area contributed by atoms with E-state index >= 15 is 0 Å². The minimum atomic E-state index is -0.980. The van der Waals surface area contributed by atoms with Crippen molar-refractivity contribution >= 4 is 5.95 Å². The third-order valence-corrected chi connectivity index (χ3v) is 3.86. The molecule has 0 aromatic carbocycles. The van der Waals surface area contributed by atoms with Crippen LogP contribution in [0.25, 0.3) is 11.3 Å². The maximum Gasteiger partial charge on any atom is 0.255 e. The fourth-order valence-corrected chi connectivity index (χ4v) is 2.59. The molecule has 116 valence electrons. The molecule has 1 aliphatic rings. The van der Waals surface area contributed by atoms with Crippen LogP contribution in [0.3, 0.4) is 0 Å². The van der Waals surface area contributed by atoms with Gasteiger partial charge in [0.05, 0.1) is 11.7 Å². The lowest BCUT2D eigenvalue weighted by Crippen LogP contribution is -2.33. The molecule has 0 spiro atoms. The number of anilines is 1. The molecule has 2 aromatic rings. The molecular weight excluding hydrogens is 285 g/mol. The van der Waals surface area contributed by atoms with Gasteiger partial charge in [0.2, 0.25) is 5.95 Å². The molecule has 1 fully saturated rings. The summed E-state index contributed by atoms with van der Waals surface area (Å²) in [5.74, 6) is 0.377. The van der Waals surface area contributed by atoms with E-state index in [0.29, 0.717) is 24.7 Å². The lowest BCUT2D eigenvalue weighted by atomic mass is 10.2. The minimum Gasteiger partial charge on any atom is -0.349 e. The average molecular weight is 303 g/mol. The molecular formula is C15H18FN5O. The Labute approximate surface area is 127 Å². The second-order valence-corrected chi connectivity index (χ2v) is 5.59. The van der Waals surface area contributed by atoms with Crippen molar-refractivity contribution in [2.75, 3.05) is 25.5 Å². The Morgan fingerprint density at radius 3 is 2.64 bits per heavy atom. The number of rotatable bonds is 3. The molecule has 0 bridgehead atoms. The number of nitrogens with zero attached hydrogens (tertiary/aromatic N) is 4. The Bertz CT molecular complexity index is 718. The first-order valence-corrected chi connectivity index (χ1v) is 7.12. The molecule has 1 saturated heterocycles. The number of likely N-dealkylation sites (tertiary alicyclic amines) is 1. The van der Waals surface area contributed by atoms with E-state index in [0.717, 1.165) is 5.56 Å². The number of hydrogen-bond acceptors (Lipinski definition) is 5. The molecule has 0 radical (unpaired) electrons. The zero-order valence-electron chi connectivity index (χ0n) is 12.5. The van der Waals surface area contributed by atoms with Crippen molar-refractivity contribution in [2.45, 2.75) is 12.2 Å². The zero-order chi connectivity index (χ0) is 15.7. The summed E-state index contributed by atoms with van der Waals surface area (Å²) in [6.07, 6.45) is 2.31. The number of halogens is 1. The van der Waals surface area contributed by atoms with Crippen LogP contribution in [-0.4, -0.2) is 51.8 Å². The van der Waals surface area contributed by atoms with Gasteiger partial charge in [0, 0.05) is 44.2 Å². The van der Waals surface area contributed by atoms with Crippen molar-refractivity contribution in [1.82, 2.24) is 19.4 Å². The van der Waals surface area contributed by atoms with Gasteiger partial charge >= 0.3 is 0 Å². The normalized spacial score (nSPS) is 22.0. The molecule has 0 aliphatic carbocycles. The summed E-state index contributed by atoms with van der Waals surface area (Å²) in [4.78, 5) is 22.4. The van der Waals surface area contributed by atoms with Crippen LogP contribution in [0.4, 0.5) is 10.3 Å². The van der Waals surface area contributed by atoms with Crippen molar-refractivity contribution in [3.8, 4) is 11.3 Å². The molecule has 1 aliphatic heterocycles. The number of nitrogens with one attached hydrogen (secondary N) is 1. The largest absolute Gasteiger partial charge is 0.349 e. The molecule has 2 atom stereocenters. The average Bonchev–Trinajstić information content (AvgIpc) is 2.82.